The van der Waals surface area contributed by atoms with Crippen LogP contribution in [0.25, 0.3) is 0 Å². The van der Waals surface area contributed by atoms with Crippen molar-refractivity contribution in [2.45, 2.75) is 25.8 Å². The average molecular weight is 144 g/mol. The maximum atomic E-state index is 10.6. The van der Waals surface area contributed by atoms with Gasteiger partial charge in [-0.2, -0.15) is 0 Å². The van der Waals surface area contributed by atoms with Gasteiger partial charge in [0.15, 0.2) is 0 Å². The monoisotopic (exact) mass is 144 g/mol. The first-order valence-corrected chi connectivity index (χ1v) is 3.43. The minimum atomic E-state index is -0.739. The Labute approximate surface area is 61.5 Å². The highest BCUT2D eigenvalue weighted by atomic mass is 16.5. The van der Waals surface area contributed by atoms with Crippen LogP contribution in [0.5, 0.6) is 0 Å². The summed E-state index contributed by atoms with van der Waals surface area (Å²) in [4.78, 5) is 10.6. The third kappa shape index (κ3) is 4.32. The van der Waals surface area contributed by atoms with E-state index >= 15 is 0 Å². The number of ether oxygens (including phenoxy) is 1. The van der Waals surface area contributed by atoms with E-state index in [-0.39, 0.29) is 0 Å². The van der Waals surface area contributed by atoms with E-state index in [2.05, 4.69) is 6.92 Å². The normalized spacial score (nSPS) is 12.7. The third-order valence-electron chi connectivity index (χ3n) is 1.04. The predicted octanol–water partition coefficient (Wildman–Crippen LogP) is 0.491. The quantitative estimate of drug-likeness (QED) is 0.461. The number of carbonyl (C=O) groups excluding carboxylic acids is 1. The highest BCUT2D eigenvalue weighted by Gasteiger charge is 2.06. The summed E-state index contributed by atoms with van der Waals surface area (Å²) in [6.07, 6.45) is 1.90. The Bertz CT molecular complexity index is 102. The number of esters is 1. The van der Waals surface area contributed by atoms with Gasteiger partial charge in [0.25, 0.3) is 0 Å². The molecule has 0 aromatic carbocycles. The first-order valence-electron chi connectivity index (χ1n) is 3.43. The molecule has 0 amide bonds. The van der Waals surface area contributed by atoms with Crippen LogP contribution in [0.2, 0.25) is 0 Å². The van der Waals surface area contributed by atoms with Crippen molar-refractivity contribution in [1.82, 2.24) is 0 Å². The standard InChI is InChI=1S/C7H14NO2/c1-3-4-5-10-7(9)6(2)8/h6H,2-5,8H2,1H3. The maximum Gasteiger partial charge on any atom is 0.322 e. The summed E-state index contributed by atoms with van der Waals surface area (Å²) in [6, 6.07) is -0.739. The molecule has 0 bridgehead atoms. The fourth-order valence-corrected chi connectivity index (χ4v) is 0.424. The Morgan fingerprint density at radius 2 is 2.40 bits per heavy atom. The van der Waals surface area contributed by atoms with E-state index in [0.717, 1.165) is 12.8 Å². The van der Waals surface area contributed by atoms with Crippen molar-refractivity contribution < 1.29 is 9.53 Å². The second-order valence-electron chi connectivity index (χ2n) is 2.13. The van der Waals surface area contributed by atoms with Gasteiger partial charge in [-0.25, -0.2) is 0 Å². The molecular formula is C7H14NO2. The van der Waals surface area contributed by atoms with Gasteiger partial charge in [-0.15, -0.1) is 0 Å². The predicted molar refractivity (Wildman–Crippen MR) is 39.2 cm³/mol. The van der Waals surface area contributed by atoms with Crippen LogP contribution >= 0.6 is 0 Å². The number of unbranched alkanes of at least 4 members (excludes halogenated alkanes) is 1. The Hall–Kier alpha value is -0.570. The highest BCUT2D eigenvalue weighted by Crippen LogP contribution is 1.89. The molecule has 2 N–H and O–H groups in total. The van der Waals surface area contributed by atoms with Crippen LogP contribution in [0.1, 0.15) is 19.8 Å². The molecule has 1 radical (unpaired) electrons. The van der Waals surface area contributed by atoms with Gasteiger partial charge in [0.1, 0.15) is 6.04 Å². The lowest BCUT2D eigenvalue weighted by molar-refractivity contribution is -0.144. The molecule has 0 aromatic rings. The van der Waals surface area contributed by atoms with Crippen LogP contribution in [-0.2, 0) is 9.53 Å². The van der Waals surface area contributed by atoms with Gasteiger partial charge in [-0.05, 0) is 13.3 Å². The van der Waals surface area contributed by atoms with Gasteiger partial charge < -0.3 is 10.5 Å². The molecule has 0 saturated carbocycles. The molecular weight excluding hydrogens is 130 g/mol. The minimum Gasteiger partial charge on any atom is -0.465 e. The van der Waals surface area contributed by atoms with Crippen LogP contribution in [0.15, 0.2) is 0 Å². The molecule has 3 heteroatoms. The molecule has 0 aliphatic carbocycles. The Kier molecular flexibility index (Phi) is 4.94. The summed E-state index contributed by atoms with van der Waals surface area (Å²) < 4.78 is 4.72. The fraction of sp³-hybridized carbons (Fsp3) is 0.714. The topological polar surface area (TPSA) is 52.3 Å². The molecule has 3 nitrogen and oxygen atoms in total. The molecule has 0 rings (SSSR count). The second kappa shape index (κ2) is 5.23. The Morgan fingerprint density at radius 3 is 2.80 bits per heavy atom. The van der Waals surface area contributed by atoms with Crippen LogP contribution < -0.4 is 5.73 Å². The van der Waals surface area contributed by atoms with Gasteiger partial charge in [0, 0.05) is 0 Å². The molecule has 0 saturated heterocycles. The van der Waals surface area contributed by atoms with Gasteiger partial charge in [0.2, 0.25) is 0 Å². The molecule has 0 heterocycles. The van der Waals surface area contributed by atoms with Crippen LogP contribution in [0.4, 0.5) is 0 Å². The molecule has 0 spiro atoms. The minimum absolute atomic E-state index is 0.423. The lowest BCUT2D eigenvalue weighted by Gasteiger charge is -2.04. The largest absolute Gasteiger partial charge is 0.465 e. The zero-order valence-electron chi connectivity index (χ0n) is 6.30. The third-order valence-corrected chi connectivity index (χ3v) is 1.04. The summed E-state index contributed by atoms with van der Waals surface area (Å²) in [5, 5.41) is 0. The Balaban J connectivity index is 3.22. The van der Waals surface area contributed by atoms with Crippen LogP contribution in [0, 0.1) is 6.92 Å². The molecule has 59 valence electrons. The molecule has 1 atom stereocenters. The average Bonchev–Trinajstić information content (AvgIpc) is 1.88. The molecule has 0 aliphatic heterocycles. The van der Waals surface area contributed by atoms with Crippen molar-refractivity contribution in [2.75, 3.05) is 6.61 Å². The highest BCUT2D eigenvalue weighted by molar-refractivity contribution is 5.76. The first-order chi connectivity index (χ1) is 4.68. The van der Waals surface area contributed by atoms with E-state index in [0.29, 0.717) is 6.61 Å². The summed E-state index contributed by atoms with van der Waals surface area (Å²) in [6.45, 7) is 5.80. The Morgan fingerprint density at radius 1 is 1.80 bits per heavy atom. The lowest BCUT2D eigenvalue weighted by atomic mass is 10.3. The van der Waals surface area contributed by atoms with Gasteiger partial charge in [0.05, 0.1) is 6.61 Å². The zero-order chi connectivity index (χ0) is 7.98. The van der Waals surface area contributed by atoms with Crippen LogP contribution in [0.3, 0.4) is 0 Å². The number of rotatable bonds is 4. The summed E-state index contributed by atoms with van der Waals surface area (Å²) in [5.74, 6) is -0.423. The molecule has 10 heavy (non-hydrogen) atoms. The summed E-state index contributed by atoms with van der Waals surface area (Å²) in [7, 11) is 0. The van der Waals surface area contributed by atoms with Gasteiger partial charge >= 0.3 is 5.97 Å². The van der Waals surface area contributed by atoms with Crippen molar-refractivity contribution >= 4 is 5.97 Å². The first kappa shape index (κ1) is 9.43. The van der Waals surface area contributed by atoms with Crippen molar-refractivity contribution in [3.8, 4) is 0 Å². The van der Waals surface area contributed by atoms with E-state index < -0.39 is 12.0 Å². The molecule has 0 aromatic heterocycles. The molecule has 1 unspecified atom stereocenters. The SMILES string of the molecule is [CH2]C(N)C(=O)OCCCC. The van der Waals surface area contributed by atoms with Gasteiger partial charge in [-0.1, -0.05) is 13.3 Å². The maximum absolute atomic E-state index is 10.6. The van der Waals surface area contributed by atoms with Crippen molar-refractivity contribution in [1.29, 1.82) is 0 Å². The van der Waals surface area contributed by atoms with E-state index in [9.17, 15) is 4.79 Å². The smallest absolute Gasteiger partial charge is 0.322 e. The second-order valence-corrected chi connectivity index (χ2v) is 2.13. The van der Waals surface area contributed by atoms with E-state index in [4.69, 9.17) is 10.5 Å². The number of hydrogen-bond acceptors (Lipinski definition) is 3. The van der Waals surface area contributed by atoms with E-state index in [1.54, 1.807) is 0 Å². The van der Waals surface area contributed by atoms with Crippen molar-refractivity contribution in [2.24, 2.45) is 5.73 Å². The fourth-order valence-electron chi connectivity index (χ4n) is 0.424. The van der Waals surface area contributed by atoms with Crippen LogP contribution in [-0.4, -0.2) is 18.6 Å². The van der Waals surface area contributed by atoms with E-state index in [1.807, 2.05) is 6.92 Å². The van der Waals surface area contributed by atoms with Crippen molar-refractivity contribution in [3.05, 3.63) is 6.92 Å². The summed E-state index contributed by atoms with van der Waals surface area (Å²) in [5.41, 5.74) is 5.13. The van der Waals surface area contributed by atoms with E-state index in [1.165, 1.54) is 0 Å². The number of nitrogens with two attached hydrogens (primary N) is 1. The lowest BCUT2D eigenvalue weighted by Crippen LogP contribution is -2.29. The van der Waals surface area contributed by atoms with Crippen molar-refractivity contribution in [3.63, 3.8) is 0 Å². The van der Waals surface area contributed by atoms with Gasteiger partial charge in [-0.3, -0.25) is 4.79 Å². The summed E-state index contributed by atoms with van der Waals surface area (Å²) >= 11 is 0. The molecule has 0 aliphatic rings. The number of carbonyl (C=O) groups is 1. The molecule has 0 fully saturated rings. The number of hydrogen-bond donors (Lipinski definition) is 1. The zero-order valence-corrected chi connectivity index (χ0v) is 6.30.